The fraction of sp³-hybridized carbons (Fsp3) is 0.323. The highest BCUT2D eigenvalue weighted by atomic mass is 32.2. The van der Waals surface area contributed by atoms with Gasteiger partial charge in [-0.05, 0) is 62.9 Å². The van der Waals surface area contributed by atoms with Crippen LogP contribution in [0.25, 0.3) is 6.08 Å². The molecule has 0 radical (unpaired) electrons. The maximum atomic E-state index is 12.8. The number of aliphatic imine (C=N–C) groups is 1. The molecule has 10 nitrogen and oxygen atoms in total. The first kappa shape index (κ1) is 35.8. The number of carbonyl (C=O) groups is 2. The Morgan fingerprint density at radius 2 is 1.62 bits per heavy atom. The molecular formula is C31H42N4O6S. The number of methoxy groups -OCH3 is 1. The highest BCUT2D eigenvalue weighted by Gasteiger charge is 2.23. The van der Waals surface area contributed by atoms with Gasteiger partial charge in [-0.25, -0.2) is 8.42 Å². The molecule has 0 aliphatic carbocycles. The van der Waals surface area contributed by atoms with Crippen molar-refractivity contribution in [3.05, 3.63) is 89.3 Å². The van der Waals surface area contributed by atoms with E-state index in [1.54, 1.807) is 19.9 Å². The number of nitrogens with one attached hydrogen (secondary N) is 2. The Balaban J connectivity index is 0.000000745. The minimum absolute atomic E-state index is 0.104. The van der Waals surface area contributed by atoms with Crippen molar-refractivity contribution >= 4 is 34.0 Å². The molecule has 0 fully saturated rings. The Morgan fingerprint density at radius 3 is 2.12 bits per heavy atom. The summed E-state index contributed by atoms with van der Waals surface area (Å²) in [6.07, 6.45) is 4.17. The first-order valence-electron chi connectivity index (χ1n) is 13.4. The Morgan fingerprint density at radius 1 is 1.05 bits per heavy atom. The van der Waals surface area contributed by atoms with Crippen molar-refractivity contribution < 1.29 is 27.9 Å². The zero-order chi connectivity index (χ0) is 31.5. The Bertz CT molecular complexity index is 1380. The molecule has 0 atom stereocenters. The van der Waals surface area contributed by atoms with Crippen LogP contribution in [0.1, 0.15) is 33.3 Å². The number of ether oxygens (including phenoxy) is 1. The summed E-state index contributed by atoms with van der Waals surface area (Å²) in [7, 11) is -2.12. The second kappa shape index (κ2) is 19.0. The van der Waals surface area contributed by atoms with Crippen molar-refractivity contribution in [2.75, 3.05) is 39.5 Å². The van der Waals surface area contributed by atoms with Crippen LogP contribution >= 0.6 is 0 Å². The maximum Gasteiger partial charge on any atom is 0.292 e. The molecule has 11 heteroatoms. The van der Waals surface area contributed by atoms with Gasteiger partial charge in [-0.15, -0.1) is 0 Å². The van der Waals surface area contributed by atoms with E-state index in [1.165, 1.54) is 37.6 Å². The van der Waals surface area contributed by atoms with E-state index in [0.29, 0.717) is 41.1 Å². The van der Waals surface area contributed by atoms with Gasteiger partial charge in [-0.2, -0.15) is 0 Å². The Labute approximate surface area is 249 Å². The molecule has 1 amide bonds. The third-order valence-electron chi connectivity index (χ3n) is 6.00. The van der Waals surface area contributed by atoms with Crippen LogP contribution in [-0.4, -0.2) is 81.0 Å². The van der Waals surface area contributed by atoms with Gasteiger partial charge in [0.25, 0.3) is 12.4 Å². The van der Waals surface area contributed by atoms with Gasteiger partial charge in [-0.1, -0.05) is 50.2 Å². The summed E-state index contributed by atoms with van der Waals surface area (Å²) in [6, 6.07) is 17.8. The SMILES string of the molecule is CCN(CC)CCNC(=O)C1=C(C)C(=Cc2ccc(S(C)(=O)=O)ccc[nH]c2O)N=C1C.COC=O.c1ccccc1. The average Bonchev–Trinajstić information content (AvgIpc) is 3.30. The molecular weight excluding hydrogens is 556 g/mol. The second-order valence-electron chi connectivity index (χ2n) is 8.98. The molecule has 228 valence electrons. The molecule has 3 rings (SSSR count). The fourth-order valence-corrected chi connectivity index (χ4v) is 4.35. The lowest BCUT2D eigenvalue weighted by atomic mass is 10.0. The molecule has 0 spiro atoms. The lowest BCUT2D eigenvalue weighted by Crippen LogP contribution is -2.36. The van der Waals surface area contributed by atoms with Crippen molar-refractivity contribution in [3.63, 3.8) is 0 Å². The number of aromatic amines is 1. The predicted octanol–water partition coefficient (Wildman–Crippen LogP) is 4.31. The van der Waals surface area contributed by atoms with E-state index in [1.807, 2.05) is 36.4 Å². The van der Waals surface area contributed by atoms with E-state index in [0.717, 1.165) is 25.9 Å². The van der Waals surface area contributed by atoms with Crippen molar-refractivity contribution in [1.82, 2.24) is 15.2 Å². The minimum atomic E-state index is -3.43. The lowest BCUT2D eigenvalue weighted by molar-refractivity contribution is -0.126. The van der Waals surface area contributed by atoms with Gasteiger partial charge < -0.3 is 25.0 Å². The van der Waals surface area contributed by atoms with Gasteiger partial charge in [0.15, 0.2) is 15.7 Å². The second-order valence-corrected chi connectivity index (χ2v) is 11.0. The van der Waals surface area contributed by atoms with Crippen LogP contribution in [0.3, 0.4) is 0 Å². The van der Waals surface area contributed by atoms with Crippen LogP contribution in [0.2, 0.25) is 0 Å². The summed E-state index contributed by atoms with van der Waals surface area (Å²) in [5.41, 5.74) is 2.64. The summed E-state index contributed by atoms with van der Waals surface area (Å²) in [4.78, 5) is 31.2. The molecule has 0 bridgehead atoms. The van der Waals surface area contributed by atoms with Gasteiger partial charge in [0.05, 0.1) is 29.0 Å². The number of aromatic nitrogens is 1. The first-order chi connectivity index (χ1) is 20.0. The zero-order valence-electron chi connectivity index (χ0n) is 25.1. The highest BCUT2D eigenvalue weighted by Crippen LogP contribution is 2.28. The molecule has 2 aromatic rings. The number of allylic oxidation sites excluding steroid dienone is 1. The Kier molecular flexibility index (Phi) is 16.2. The molecule has 1 aromatic heterocycles. The van der Waals surface area contributed by atoms with E-state index < -0.39 is 9.84 Å². The predicted molar refractivity (Wildman–Crippen MR) is 167 cm³/mol. The minimum Gasteiger partial charge on any atom is -0.494 e. The Hall–Kier alpha value is -4.22. The van der Waals surface area contributed by atoms with E-state index in [9.17, 15) is 18.3 Å². The van der Waals surface area contributed by atoms with Gasteiger partial charge in [0.1, 0.15) is 0 Å². The number of amides is 1. The summed E-state index contributed by atoms with van der Waals surface area (Å²) in [5, 5.41) is 13.3. The highest BCUT2D eigenvalue weighted by molar-refractivity contribution is 7.90. The third kappa shape index (κ3) is 12.5. The molecule has 0 saturated heterocycles. The third-order valence-corrected chi connectivity index (χ3v) is 7.13. The number of sulfone groups is 1. The normalized spacial score (nSPS) is 13.2. The standard InChI is InChI=1S/C23H32N4O4S.C6H6.C2H4O2/c1-6-27(7-2)14-13-25-23(29)21-16(3)20(26-17(21)4)15-18-10-11-19(32(5,30)31)9-8-12-24-22(18)28;1-2-4-6-5-3-1;1-4-2-3/h8-12,15,24,28H,6-7,13-14H2,1-5H3,(H,25,29);1-6H;2H,1H3. The average molecular weight is 599 g/mol. The quantitative estimate of drug-likeness (QED) is 0.365. The number of likely N-dealkylation sites (N-methyl/N-ethyl adjacent to an activating group) is 1. The number of benzene rings is 1. The lowest BCUT2D eigenvalue weighted by Gasteiger charge is -2.18. The van der Waals surface area contributed by atoms with E-state index in [4.69, 9.17) is 4.79 Å². The summed E-state index contributed by atoms with van der Waals surface area (Å²) >= 11 is 0. The summed E-state index contributed by atoms with van der Waals surface area (Å²) < 4.78 is 27.7. The smallest absolute Gasteiger partial charge is 0.292 e. The topological polar surface area (TPSA) is 141 Å². The summed E-state index contributed by atoms with van der Waals surface area (Å²) in [6.45, 7) is 11.3. The number of nitrogens with zero attached hydrogens (tertiary/aromatic N) is 2. The van der Waals surface area contributed by atoms with Crippen LogP contribution in [-0.2, 0) is 24.2 Å². The van der Waals surface area contributed by atoms with Crippen LogP contribution < -0.4 is 5.32 Å². The zero-order valence-corrected chi connectivity index (χ0v) is 25.9. The van der Waals surface area contributed by atoms with Crippen LogP contribution in [0, 0.1) is 0 Å². The molecule has 3 N–H and O–H groups in total. The molecule has 1 aliphatic rings. The van der Waals surface area contributed by atoms with E-state index in [-0.39, 0.29) is 16.7 Å². The fourth-order valence-electron chi connectivity index (χ4n) is 3.71. The molecule has 0 unspecified atom stereocenters. The van der Waals surface area contributed by atoms with Gasteiger partial charge in [-0.3, -0.25) is 14.6 Å². The van der Waals surface area contributed by atoms with Crippen molar-refractivity contribution in [2.45, 2.75) is 32.6 Å². The summed E-state index contributed by atoms with van der Waals surface area (Å²) in [5.74, 6) is -0.350. The van der Waals surface area contributed by atoms with Crippen LogP contribution in [0.4, 0.5) is 0 Å². The number of hydrogen-bond acceptors (Lipinski definition) is 8. The largest absolute Gasteiger partial charge is 0.494 e. The van der Waals surface area contributed by atoms with Gasteiger partial charge >= 0.3 is 0 Å². The molecule has 2 heterocycles. The van der Waals surface area contributed by atoms with Crippen LogP contribution in [0.15, 0.2) is 93.6 Å². The van der Waals surface area contributed by atoms with Gasteiger partial charge in [0, 0.05) is 31.1 Å². The number of carbonyl (C=O) groups excluding carboxylic acids is 2. The van der Waals surface area contributed by atoms with E-state index >= 15 is 0 Å². The number of hydrogen-bond donors (Lipinski definition) is 3. The molecule has 0 saturated carbocycles. The maximum absolute atomic E-state index is 12.8. The first-order valence-corrected chi connectivity index (χ1v) is 15.3. The number of rotatable bonds is 9. The monoisotopic (exact) mass is 598 g/mol. The number of aromatic hydroxyl groups is 1. The molecule has 1 aliphatic heterocycles. The van der Waals surface area contributed by atoms with Gasteiger partial charge in [0.2, 0.25) is 0 Å². The van der Waals surface area contributed by atoms with Crippen molar-refractivity contribution in [2.24, 2.45) is 4.99 Å². The van der Waals surface area contributed by atoms with Crippen molar-refractivity contribution in [1.29, 1.82) is 0 Å². The molecule has 42 heavy (non-hydrogen) atoms. The van der Waals surface area contributed by atoms with E-state index in [2.05, 4.69) is 38.8 Å². The molecule has 1 aromatic carbocycles. The van der Waals surface area contributed by atoms with Crippen molar-refractivity contribution in [3.8, 4) is 5.88 Å². The van der Waals surface area contributed by atoms with Crippen LogP contribution in [0.5, 0.6) is 5.88 Å². The number of H-pyrrole nitrogens is 1.